The first-order chi connectivity index (χ1) is 12.0. The van der Waals surface area contributed by atoms with Gasteiger partial charge in [-0.05, 0) is 13.8 Å². The molecule has 1 aromatic heterocycles. The minimum absolute atomic E-state index is 0.0510. The Morgan fingerprint density at radius 1 is 1.22 bits per heavy atom. The van der Waals surface area contributed by atoms with Gasteiger partial charge in [-0.15, -0.1) is 0 Å². The Morgan fingerprint density at radius 2 is 1.78 bits per heavy atom. The molecule has 15 heteroatoms. The largest absolute Gasteiger partial charge is 0.435 e. The van der Waals surface area contributed by atoms with Gasteiger partial charge in [0, 0.05) is 13.5 Å². The predicted molar refractivity (Wildman–Crippen MR) is 74.9 cm³/mol. The van der Waals surface area contributed by atoms with Gasteiger partial charge < -0.3 is 9.57 Å². The van der Waals surface area contributed by atoms with Gasteiger partial charge in [-0.1, -0.05) is 5.16 Å². The Labute approximate surface area is 147 Å². The number of alkyl halides is 7. The molecule has 154 valence electrons. The summed E-state index contributed by atoms with van der Waals surface area (Å²) in [6, 6.07) is 0. The summed E-state index contributed by atoms with van der Waals surface area (Å²) in [7, 11) is -5.27. The summed E-state index contributed by atoms with van der Waals surface area (Å²) in [4.78, 5) is 4.65. The molecule has 2 heterocycles. The highest BCUT2D eigenvalue weighted by atomic mass is 32.2. The minimum atomic E-state index is -5.88. The molecule has 0 aromatic carbocycles. The molecule has 0 atom stereocenters. The van der Waals surface area contributed by atoms with E-state index in [4.69, 9.17) is 0 Å². The highest BCUT2D eigenvalue weighted by Crippen LogP contribution is 2.48. The third kappa shape index (κ3) is 3.68. The molecule has 1 aliphatic heterocycles. The van der Waals surface area contributed by atoms with E-state index in [0.29, 0.717) is 7.05 Å². The molecule has 0 spiro atoms. The van der Waals surface area contributed by atoms with Crippen LogP contribution in [0.3, 0.4) is 0 Å². The zero-order chi connectivity index (χ0) is 21.0. The van der Waals surface area contributed by atoms with Gasteiger partial charge in [-0.25, -0.2) is 13.1 Å². The van der Waals surface area contributed by atoms with Crippen LogP contribution in [0.1, 0.15) is 31.5 Å². The fourth-order valence-electron chi connectivity index (χ4n) is 2.22. The molecule has 0 saturated carbocycles. The Bertz CT molecular complexity index is 874. The van der Waals surface area contributed by atoms with E-state index in [1.165, 1.54) is 13.8 Å². The van der Waals surface area contributed by atoms with E-state index in [1.54, 1.807) is 0 Å². The van der Waals surface area contributed by atoms with Crippen molar-refractivity contribution in [1.82, 2.24) is 9.78 Å². The van der Waals surface area contributed by atoms with Crippen LogP contribution in [0.25, 0.3) is 0 Å². The van der Waals surface area contributed by atoms with Crippen molar-refractivity contribution in [3.63, 3.8) is 0 Å². The van der Waals surface area contributed by atoms with Gasteiger partial charge >= 0.3 is 18.0 Å². The average molecular weight is 427 g/mol. The van der Waals surface area contributed by atoms with Crippen LogP contribution >= 0.6 is 0 Å². The molecule has 0 N–H and O–H groups in total. The van der Waals surface area contributed by atoms with Gasteiger partial charge in [-0.3, -0.25) is 0 Å². The lowest BCUT2D eigenvalue weighted by Crippen LogP contribution is -2.35. The van der Waals surface area contributed by atoms with Gasteiger partial charge in [0.15, 0.2) is 10.7 Å². The van der Waals surface area contributed by atoms with Crippen molar-refractivity contribution < 1.29 is 48.7 Å². The van der Waals surface area contributed by atoms with E-state index in [9.17, 15) is 39.2 Å². The molecule has 0 bridgehead atoms. The lowest BCUT2D eigenvalue weighted by atomic mass is 10.1. The second-order valence-corrected chi connectivity index (χ2v) is 8.05. The fourth-order valence-corrected chi connectivity index (χ4v) is 3.64. The van der Waals surface area contributed by atoms with Crippen molar-refractivity contribution in [2.45, 2.75) is 43.9 Å². The second-order valence-electron chi connectivity index (χ2n) is 6.06. The van der Waals surface area contributed by atoms with E-state index in [1.807, 2.05) is 0 Å². The topological polar surface area (TPSA) is 82.8 Å². The van der Waals surface area contributed by atoms with Gasteiger partial charge in [-0.2, -0.15) is 35.8 Å². The van der Waals surface area contributed by atoms with Crippen molar-refractivity contribution in [3.05, 3.63) is 11.3 Å². The van der Waals surface area contributed by atoms with Gasteiger partial charge in [0.25, 0.3) is 9.84 Å². The molecule has 0 amide bonds. The molecule has 1 aromatic rings. The summed E-state index contributed by atoms with van der Waals surface area (Å²) in [5, 5.41) is -0.893. The van der Waals surface area contributed by atoms with Crippen LogP contribution in [0, 0.1) is 0 Å². The zero-order valence-corrected chi connectivity index (χ0v) is 14.6. The highest BCUT2D eigenvalue weighted by molar-refractivity contribution is 8.06. The number of nitrogens with zero attached hydrogens (tertiary/aromatic N) is 3. The summed E-state index contributed by atoms with van der Waals surface area (Å²) >= 11 is 0. The number of rotatable bonds is 4. The first-order valence-corrected chi connectivity index (χ1v) is 8.46. The molecule has 0 aliphatic carbocycles. The quantitative estimate of drug-likeness (QED) is 0.690. The number of ether oxygens (including phenoxy) is 1. The van der Waals surface area contributed by atoms with Gasteiger partial charge in [0.05, 0.1) is 0 Å². The van der Waals surface area contributed by atoms with Crippen molar-refractivity contribution >= 4 is 14.9 Å². The van der Waals surface area contributed by atoms with E-state index >= 15 is 0 Å². The summed E-state index contributed by atoms with van der Waals surface area (Å²) in [6.45, 7) is -1.22. The average Bonchev–Trinajstić information content (AvgIpc) is 2.99. The number of hydrogen-bond acceptors (Lipinski definition) is 6. The van der Waals surface area contributed by atoms with E-state index in [2.05, 4.69) is 19.8 Å². The van der Waals surface area contributed by atoms with E-state index in [-0.39, 0.29) is 4.68 Å². The first-order valence-electron chi connectivity index (χ1n) is 6.97. The number of aryl methyl sites for hydroxylation is 1. The molecule has 1 aliphatic rings. The maximum absolute atomic E-state index is 14.7. The number of aromatic nitrogens is 2. The van der Waals surface area contributed by atoms with Crippen LogP contribution in [-0.4, -0.2) is 35.5 Å². The first kappa shape index (κ1) is 21.2. The monoisotopic (exact) mass is 427 g/mol. The minimum Gasteiger partial charge on any atom is -0.417 e. The molecule has 0 unspecified atom stereocenters. The molecule has 2 rings (SSSR count). The van der Waals surface area contributed by atoms with Crippen LogP contribution in [0.4, 0.5) is 30.7 Å². The van der Waals surface area contributed by atoms with Gasteiger partial charge in [0.1, 0.15) is 11.2 Å². The molecule has 0 fully saturated rings. The highest BCUT2D eigenvalue weighted by Gasteiger charge is 2.60. The number of hydrogen-bond donors (Lipinski definition) is 0. The third-order valence-corrected chi connectivity index (χ3v) is 5.09. The van der Waals surface area contributed by atoms with Gasteiger partial charge in [0.2, 0.25) is 5.88 Å². The molecule has 27 heavy (non-hydrogen) atoms. The Balaban J connectivity index is 2.70. The Hall–Kier alpha value is -2.06. The predicted octanol–water partition coefficient (Wildman–Crippen LogP) is 3.02. The lowest BCUT2D eigenvalue weighted by molar-refractivity contribution is -0.144. The summed E-state index contributed by atoms with van der Waals surface area (Å²) in [5.41, 5.74) is -6.04. The van der Waals surface area contributed by atoms with E-state index in [0.717, 1.165) is 0 Å². The number of halogens is 7. The van der Waals surface area contributed by atoms with Crippen LogP contribution in [0.15, 0.2) is 5.16 Å². The maximum atomic E-state index is 14.7. The second kappa shape index (κ2) is 6.24. The van der Waals surface area contributed by atoms with Crippen LogP contribution < -0.4 is 4.74 Å². The summed E-state index contributed by atoms with van der Waals surface area (Å²) < 4.78 is 122. The van der Waals surface area contributed by atoms with Crippen molar-refractivity contribution in [2.24, 2.45) is 12.2 Å². The molecular formula is C12H12F7N3O4S. The number of sulfone groups is 1. The Morgan fingerprint density at radius 3 is 2.19 bits per heavy atom. The summed E-state index contributed by atoms with van der Waals surface area (Å²) in [5.74, 6) is -1.75. The van der Waals surface area contributed by atoms with Crippen molar-refractivity contribution in [3.8, 4) is 5.88 Å². The zero-order valence-electron chi connectivity index (χ0n) is 13.8. The molecule has 7 nitrogen and oxygen atoms in total. The lowest BCUT2D eigenvalue weighted by Gasteiger charge is -2.19. The summed E-state index contributed by atoms with van der Waals surface area (Å²) in [6.07, 6.45) is -6.25. The molecular weight excluding hydrogens is 415 g/mol. The van der Waals surface area contributed by atoms with Crippen molar-refractivity contribution in [1.29, 1.82) is 0 Å². The number of oxime groups is 1. The molecule has 0 radical (unpaired) electrons. The van der Waals surface area contributed by atoms with Crippen LogP contribution in [0.2, 0.25) is 0 Å². The standard InChI is InChI=1S/C12H12F7N3O4S/c1-10(2)4-5(21-26-10)27(23,24)12(18,19)6-7(11(15,16)17)20-22(3)8(6)25-9(13)14/h9H,4H2,1-3H3. The molecule has 0 saturated heterocycles. The van der Waals surface area contributed by atoms with Crippen LogP contribution in [-0.2, 0) is 33.2 Å². The smallest absolute Gasteiger partial charge is 0.417 e. The van der Waals surface area contributed by atoms with Crippen LogP contribution in [0.5, 0.6) is 5.88 Å². The van der Waals surface area contributed by atoms with Crippen molar-refractivity contribution in [2.75, 3.05) is 0 Å². The maximum Gasteiger partial charge on any atom is 0.435 e. The fraction of sp³-hybridized carbons (Fsp3) is 0.667. The van der Waals surface area contributed by atoms with E-state index < -0.39 is 62.1 Å². The normalized spacial score (nSPS) is 17.8. The SMILES string of the molecule is Cn1nc(C(F)(F)F)c(C(F)(F)S(=O)(=O)C2=NOC(C)(C)C2)c1OC(F)F. The third-order valence-electron chi connectivity index (χ3n) is 3.37. The Kier molecular flexibility index (Phi) is 4.91.